The molecule has 3 nitrogen and oxygen atoms in total. The highest BCUT2D eigenvalue weighted by Gasteiger charge is 2.25. The molecule has 0 aromatic carbocycles. The molecule has 1 heterocycles. The molecule has 0 aromatic heterocycles. The molecule has 0 radical (unpaired) electrons. The summed E-state index contributed by atoms with van der Waals surface area (Å²) >= 11 is 0. The maximum absolute atomic E-state index is 12.1. The summed E-state index contributed by atoms with van der Waals surface area (Å²) in [6, 6.07) is 0. The minimum atomic E-state index is 0.264. The van der Waals surface area contributed by atoms with Gasteiger partial charge in [0.2, 0.25) is 5.91 Å². The smallest absolute Gasteiger partial charge is 0.222 e. The fourth-order valence-corrected chi connectivity index (χ4v) is 3.60. The lowest BCUT2D eigenvalue weighted by Gasteiger charge is -2.15. The van der Waals surface area contributed by atoms with E-state index in [4.69, 9.17) is 4.74 Å². The van der Waals surface area contributed by atoms with Crippen molar-refractivity contribution < 1.29 is 9.53 Å². The summed E-state index contributed by atoms with van der Waals surface area (Å²) in [6.45, 7) is 3.96. The van der Waals surface area contributed by atoms with Crippen LogP contribution in [0.2, 0.25) is 0 Å². The van der Waals surface area contributed by atoms with Crippen molar-refractivity contribution >= 4 is 5.91 Å². The zero-order valence-electron chi connectivity index (χ0n) is 16.4. The Labute approximate surface area is 150 Å². The number of amides is 1. The predicted molar refractivity (Wildman–Crippen MR) is 102 cm³/mol. The second-order valence-corrected chi connectivity index (χ2v) is 7.48. The van der Waals surface area contributed by atoms with E-state index in [1.54, 1.807) is 7.11 Å². The molecule has 1 aliphatic rings. The Kier molecular flexibility index (Phi) is 13.2. The largest absolute Gasteiger partial charge is 0.380 e. The van der Waals surface area contributed by atoms with Crippen LogP contribution in [0.5, 0.6) is 0 Å². The van der Waals surface area contributed by atoms with Crippen molar-refractivity contribution in [3.8, 4) is 0 Å². The first-order chi connectivity index (χ1) is 11.8. The normalized spacial score (nSPS) is 17.6. The minimum absolute atomic E-state index is 0.264. The van der Waals surface area contributed by atoms with E-state index in [9.17, 15) is 4.79 Å². The number of carbonyl (C=O) groups is 1. The molecule has 0 unspecified atom stereocenters. The van der Waals surface area contributed by atoms with Crippen molar-refractivity contribution in [3.63, 3.8) is 0 Å². The number of hydrogen-bond acceptors (Lipinski definition) is 2. The van der Waals surface area contributed by atoms with Crippen LogP contribution in [-0.2, 0) is 9.53 Å². The molecular formula is C21H41NO2. The van der Waals surface area contributed by atoms with Crippen molar-refractivity contribution in [3.05, 3.63) is 0 Å². The van der Waals surface area contributed by atoms with Crippen molar-refractivity contribution in [2.24, 2.45) is 0 Å². The Balaban J connectivity index is 1.80. The van der Waals surface area contributed by atoms with Crippen molar-refractivity contribution in [1.29, 1.82) is 0 Å². The van der Waals surface area contributed by atoms with Crippen LogP contribution in [0, 0.1) is 0 Å². The van der Waals surface area contributed by atoms with Gasteiger partial charge in [-0.1, -0.05) is 84.0 Å². The molecule has 142 valence electrons. The van der Waals surface area contributed by atoms with E-state index in [1.807, 2.05) is 4.90 Å². The monoisotopic (exact) mass is 339 g/mol. The summed E-state index contributed by atoms with van der Waals surface area (Å²) in [5.74, 6) is 0.331. The zero-order chi connectivity index (χ0) is 17.5. The third kappa shape index (κ3) is 10.3. The van der Waals surface area contributed by atoms with E-state index in [0.29, 0.717) is 5.91 Å². The summed E-state index contributed by atoms with van der Waals surface area (Å²) in [7, 11) is 1.74. The summed E-state index contributed by atoms with van der Waals surface area (Å²) in [5, 5.41) is 0. The van der Waals surface area contributed by atoms with Gasteiger partial charge in [0.15, 0.2) is 0 Å². The molecule has 24 heavy (non-hydrogen) atoms. The van der Waals surface area contributed by atoms with Crippen LogP contribution in [0.25, 0.3) is 0 Å². The molecule has 1 saturated heterocycles. The van der Waals surface area contributed by atoms with Crippen LogP contribution < -0.4 is 0 Å². The molecule has 0 spiro atoms. The van der Waals surface area contributed by atoms with Crippen molar-refractivity contribution in [1.82, 2.24) is 4.90 Å². The van der Waals surface area contributed by atoms with Gasteiger partial charge in [0.1, 0.15) is 0 Å². The van der Waals surface area contributed by atoms with E-state index in [-0.39, 0.29) is 6.10 Å². The van der Waals surface area contributed by atoms with Crippen LogP contribution in [0.15, 0.2) is 0 Å². The summed E-state index contributed by atoms with van der Waals surface area (Å²) in [6.07, 6.45) is 19.6. The topological polar surface area (TPSA) is 29.5 Å². The van der Waals surface area contributed by atoms with Gasteiger partial charge in [-0.25, -0.2) is 0 Å². The van der Waals surface area contributed by atoms with Crippen LogP contribution in [0.1, 0.15) is 103 Å². The molecule has 0 saturated carbocycles. The standard InChI is InChI=1S/C21H41NO2/c1-3-4-5-6-7-8-9-10-11-12-13-14-15-16-21(23)22-18-17-20(19-22)24-2/h20H,3-19H2,1-2H3/t20-/m0/s1. The van der Waals surface area contributed by atoms with Crippen LogP contribution in [0.3, 0.4) is 0 Å². The molecule has 0 N–H and O–H groups in total. The molecule has 1 aliphatic heterocycles. The molecule has 0 aliphatic carbocycles. The lowest BCUT2D eigenvalue weighted by molar-refractivity contribution is -0.130. The Morgan fingerprint density at radius 1 is 0.875 bits per heavy atom. The minimum Gasteiger partial charge on any atom is -0.380 e. The van der Waals surface area contributed by atoms with Gasteiger partial charge in [-0.3, -0.25) is 4.79 Å². The van der Waals surface area contributed by atoms with E-state index < -0.39 is 0 Å². The van der Waals surface area contributed by atoms with Crippen molar-refractivity contribution in [2.45, 2.75) is 109 Å². The lowest BCUT2D eigenvalue weighted by atomic mass is 10.0. The number of carbonyl (C=O) groups excluding carboxylic acids is 1. The van der Waals surface area contributed by atoms with Crippen LogP contribution in [0.4, 0.5) is 0 Å². The summed E-state index contributed by atoms with van der Waals surface area (Å²) in [4.78, 5) is 14.1. The first kappa shape index (κ1) is 21.5. The first-order valence-electron chi connectivity index (χ1n) is 10.6. The van der Waals surface area contributed by atoms with Crippen molar-refractivity contribution in [2.75, 3.05) is 20.2 Å². The van der Waals surface area contributed by atoms with Gasteiger partial charge in [0.05, 0.1) is 6.10 Å². The predicted octanol–water partition coefficient (Wildman–Crippen LogP) is 5.72. The van der Waals surface area contributed by atoms with Gasteiger partial charge in [-0.15, -0.1) is 0 Å². The van der Waals surface area contributed by atoms with E-state index in [0.717, 1.165) is 32.4 Å². The maximum Gasteiger partial charge on any atom is 0.222 e. The molecule has 1 fully saturated rings. The number of ether oxygens (including phenoxy) is 1. The number of rotatable bonds is 15. The highest BCUT2D eigenvalue weighted by molar-refractivity contribution is 5.76. The maximum atomic E-state index is 12.1. The van der Waals surface area contributed by atoms with Gasteiger partial charge in [0, 0.05) is 26.6 Å². The van der Waals surface area contributed by atoms with E-state index in [2.05, 4.69) is 6.92 Å². The van der Waals surface area contributed by atoms with Crippen LogP contribution >= 0.6 is 0 Å². The number of unbranched alkanes of at least 4 members (excludes halogenated alkanes) is 12. The summed E-state index contributed by atoms with van der Waals surface area (Å²) in [5.41, 5.74) is 0. The highest BCUT2D eigenvalue weighted by atomic mass is 16.5. The van der Waals surface area contributed by atoms with Gasteiger partial charge in [-0.05, 0) is 12.8 Å². The lowest BCUT2D eigenvalue weighted by Crippen LogP contribution is -2.29. The fraction of sp³-hybridized carbons (Fsp3) is 0.952. The third-order valence-corrected chi connectivity index (χ3v) is 5.33. The van der Waals surface area contributed by atoms with Crippen LogP contribution in [-0.4, -0.2) is 37.1 Å². The molecule has 0 aromatic rings. The SMILES string of the molecule is CCCCCCCCCCCCCCCC(=O)N1CC[C@H](OC)C1. The fourth-order valence-electron chi connectivity index (χ4n) is 3.60. The third-order valence-electron chi connectivity index (χ3n) is 5.33. The highest BCUT2D eigenvalue weighted by Crippen LogP contribution is 2.16. The molecule has 1 atom stereocenters. The average Bonchev–Trinajstić information content (AvgIpc) is 3.08. The molecule has 3 heteroatoms. The van der Waals surface area contributed by atoms with Gasteiger partial charge in [-0.2, -0.15) is 0 Å². The van der Waals surface area contributed by atoms with E-state index in [1.165, 1.54) is 77.0 Å². The first-order valence-corrected chi connectivity index (χ1v) is 10.6. The number of hydrogen-bond donors (Lipinski definition) is 0. The Morgan fingerprint density at radius 3 is 1.83 bits per heavy atom. The zero-order valence-corrected chi connectivity index (χ0v) is 16.4. The average molecular weight is 340 g/mol. The Bertz CT molecular complexity index is 306. The van der Waals surface area contributed by atoms with E-state index >= 15 is 0 Å². The Hall–Kier alpha value is -0.570. The molecular weight excluding hydrogens is 298 g/mol. The second kappa shape index (κ2) is 14.7. The number of likely N-dealkylation sites (tertiary alicyclic amines) is 1. The molecule has 1 amide bonds. The molecule has 0 bridgehead atoms. The van der Waals surface area contributed by atoms with Gasteiger partial charge < -0.3 is 9.64 Å². The molecule has 1 rings (SSSR count). The number of methoxy groups -OCH3 is 1. The second-order valence-electron chi connectivity index (χ2n) is 7.48. The van der Waals surface area contributed by atoms with Gasteiger partial charge >= 0.3 is 0 Å². The quantitative estimate of drug-likeness (QED) is 0.357. The summed E-state index contributed by atoms with van der Waals surface area (Å²) < 4.78 is 5.32. The Morgan fingerprint density at radius 2 is 1.38 bits per heavy atom. The number of nitrogens with zero attached hydrogens (tertiary/aromatic N) is 1. The van der Waals surface area contributed by atoms with Gasteiger partial charge in [0.25, 0.3) is 0 Å².